The predicted octanol–water partition coefficient (Wildman–Crippen LogP) is 3.04. The second-order valence-corrected chi connectivity index (χ2v) is 6.35. The quantitative estimate of drug-likeness (QED) is 0.725. The van der Waals surface area contributed by atoms with E-state index < -0.39 is 0 Å². The molecule has 0 saturated heterocycles. The molecule has 0 bridgehead atoms. The third-order valence-corrected chi connectivity index (χ3v) is 4.11. The topological polar surface area (TPSA) is 67.9 Å². The molecule has 0 unspecified atom stereocenters. The van der Waals surface area contributed by atoms with Crippen LogP contribution in [-0.4, -0.2) is 50.6 Å². The molecule has 1 N–H and O–H groups in total. The molecule has 0 fully saturated rings. The number of carbonyl (C=O) groups is 2. The van der Waals surface area contributed by atoms with Crippen molar-refractivity contribution >= 4 is 17.5 Å². The number of ether oxygens (including phenoxy) is 2. The molecule has 0 atom stereocenters. The van der Waals surface area contributed by atoms with Crippen molar-refractivity contribution in [2.75, 3.05) is 39.2 Å². The maximum atomic E-state index is 12.6. The molecular formula is C21H26N2O4. The fraction of sp³-hybridized carbons (Fsp3) is 0.333. The van der Waals surface area contributed by atoms with Crippen molar-refractivity contribution in [2.24, 2.45) is 0 Å². The molecule has 2 aromatic carbocycles. The van der Waals surface area contributed by atoms with Crippen LogP contribution in [0.1, 0.15) is 21.5 Å². The number of nitrogens with zero attached hydrogens (tertiary/aromatic N) is 1. The van der Waals surface area contributed by atoms with Gasteiger partial charge < -0.3 is 19.7 Å². The Hall–Kier alpha value is -2.86. The first-order chi connectivity index (χ1) is 12.9. The van der Waals surface area contributed by atoms with E-state index in [-0.39, 0.29) is 18.4 Å². The lowest BCUT2D eigenvalue weighted by Gasteiger charge is -2.18. The van der Waals surface area contributed by atoms with E-state index in [9.17, 15) is 9.59 Å². The summed E-state index contributed by atoms with van der Waals surface area (Å²) in [7, 11) is 3.20. The first-order valence-electron chi connectivity index (χ1n) is 8.75. The molecule has 0 aliphatic heterocycles. The van der Waals surface area contributed by atoms with Gasteiger partial charge in [0.2, 0.25) is 5.91 Å². The normalized spacial score (nSPS) is 10.4. The third-order valence-electron chi connectivity index (χ3n) is 4.11. The van der Waals surface area contributed by atoms with Gasteiger partial charge in [-0.05, 0) is 43.2 Å². The minimum absolute atomic E-state index is 0.0403. The number of carbonyl (C=O) groups excluding carboxylic acids is 2. The van der Waals surface area contributed by atoms with Crippen molar-refractivity contribution in [1.29, 1.82) is 0 Å². The fourth-order valence-corrected chi connectivity index (χ4v) is 2.66. The Morgan fingerprint density at radius 2 is 1.70 bits per heavy atom. The molecular weight excluding hydrogens is 344 g/mol. The smallest absolute Gasteiger partial charge is 0.254 e. The molecule has 0 saturated carbocycles. The summed E-state index contributed by atoms with van der Waals surface area (Å²) in [5, 5.41) is 2.89. The second kappa shape index (κ2) is 9.73. The molecule has 6 nitrogen and oxygen atoms in total. The van der Waals surface area contributed by atoms with E-state index in [0.29, 0.717) is 24.5 Å². The van der Waals surface area contributed by atoms with Crippen molar-refractivity contribution in [2.45, 2.75) is 13.8 Å². The zero-order chi connectivity index (χ0) is 19.8. The third kappa shape index (κ3) is 5.82. The summed E-state index contributed by atoms with van der Waals surface area (Å²) in [6, 6.07) is 12.7. The summed E-state index contributed by atoms with van der Waals surface area (Å²) >= 11 is 0. The number of amides is 2. The maximum Gasteiger partial charge on any atom is 0.254 e. The highest BCUT2D eigenvalue weighted by Crippen LogP contribution is 2.19. The zero-order valence-corrected chi connectivity index (χ0v) is 16.2. The number of rotatable bonds is 8. The molecule has 0 heterocycles. The Morgan fingerprint density at radius 1 is 1.04 bits per heavy atom. The number of nitrogens with one attached hydrogen (secondary N) is 1. The van der Waals surface area contributed by atoms with E-state index in [1.165, 1.54) is 4.90 Å². The monoisotopic (exact) mass is 370 g/mol. The van der Waals surface area contributed by atoms with Crippen LogP contribution in [0.25, 0.3) is 0 Å². The zero-order valence-electron chi connectivity index (χ0n) is 16.2. The van der Waals surface area contributed by atoms with E-state index >= 15 is 0 Å². The van der Waals surface area contributed by atoms with Gasteiger partial charge in [0.25, 0.3) is 5.91 Å². The van der Waals surface area contributed by atoms with Crippen LogP contribution in [0.4, 0.5) is 5.69 Å². The Labute approximate surface area is 160 Å². The number of hydrogen-bond donors (Lipinski definition) is 1. The predicted molar refractivity (Wildman–Crippen MR) is 105 cm³/mol. The highest BCUT2D eigenvalue weighted by Gasteiger charge is 2.16. The Morgan fingerprint density at radius 3 is 2.37 bits per heavy atom. The van der Waals surface area contributed by atoms with Gasteiger partial charge in [-0.3, -0.25) is 9.59 Å². The lowest BCUT2D eigenvalue weighted by atomic mass is 10.1. The van der Waals surface area contributed by atoms with Crippen LogP contribution in [0, 0.1) is 13.8 Å². The first kappa shape index (κ1) is 20.5. The van der Waals surface area contributed by atoms with Gasteiger partial charge in [-0.1, -0.05) is 24.3 Å². The van der Waals surface area contributed by atoms with Crippen LogP contribution in [0.3, 0.4) is 0 Å². The highest BCUT2D eigenvalue weighted by molar-refractivity contribution is 5.99. The molecule has 0 radical (unpaired) electrons. The largest absolute Gasteiger partial charge is 0.491 e. The SMILES string of the molecule is COCCOc1cccc(C(=O)N(C)CC(=O)Nc2c(C)cccc2C)c1. The summed E-state index contributed by atoms with van der Waals surface area (Å²) in [5.74, 6) is 0.103. The van der Waals surface area contributed by atoms with Crippen LogP contribution in [0.15, 0.2) is 42.5 Å². The van der Waals surface area contributed by atoms with Gasteiger partial charge in [0, 0.05) is 25.4 Å². The van der Waals surface area contributed by atoms with Crippen LogP contribution in [0.5, 0.6) is 5.75 Å². The molecule has 144 valence electrons. The summed E-state index contributed by atoms with van der Waals surface area (Å²) in [4.78, 5) is 26.4. The highest BCUT2D eigenvalue weighted by atomic mass is 16.5. The first-order valence-corrected chi connectivity index (χ1v) is 8.75. The molecule has 2 aromatic rings. The Kier molecular flexibility index (Phi) is 7.37. The Bertz CT molecular complexity index is 784. The van der Waals surface area contributed by atoms with E-state index in [2.05, 4.69) is 5.32 Å². The lowest BCUT2D eigenvalue weighted by Crippen LogP contribution is -2.35. The van der Waals surface area contributed by atoms with Crippen molar-refractivity contribution in [3.8, 4) is 5.75 Å². The summed E-state index contributed by atoms with van der Waals surface area (Å²) in [6.07, 6.45) is 0. The molecule has 0 aliphatic carbocycles. The van der Waals surface area contributed by atoms with Crippen LogP contribution in [-0.2, 0) is 9.53 Å². The minimum Gasteiger partial charge on any atom is -0.491 e. The molecule has 6 heteroatoms. The number of aryl methyl sites for hydroxylation is 2. The number of para-hydroxylation sites is 1. The van der Waals surface area contributed by atoms with Gasteiger partial charge in [0.05, 0.1) is 13.2 Å². The molecule has 2 amide bonds. The fourth-order valence-electron chi connectivity index (χ4n) is 2.66. The van der Waals surface area contributed by atoms with Crippen molar-refractivity contribution < 1.29 is 19.1 Å². The average molecular weight is 370 g/mol. The number of methoxy groups -OCH3 is 1. The van der Waals surface area contributed by atoms with E-state index in [1.807, 2.05) is 32.0 Å². The van der Waals surface area contributed by atoms with Crippen molar-refractivity contribution in [3.63, 3.8) is 0 Å². The summed E-state index contributed by atoms with van der Waals surface area (Å²) in [5.41, 5.74) is 3.22. The van der Waals surface area contributed by atoms with Gasteiger partial charge >= 0.3 is 0 Å². The van der Waals surface area contributed by atoms with Crippen LogP contribution < -0.4 is 10.1 Å². The van der Waals surface area contributed by atoms with Crippen LogP contribution in [0.2, 0.25) is 0 Å². The van der Waals surface area contributed by atoms with E-state index in [4.69, 9.17) is 9.47 Å². The van der Waals surface area contributed by atoms with Crippen LogP contribution >= 0.6 is 0 Å². The van der Waals surface area contributed by atoms with Crippen molar-refractivity contribution in [3.05, 3.63) is 59.2 Å². The molecule has 27 heavy (non-hydrogen) atoms. The number of anilines is 1. The van der Waals surface area contributed by atoms with Crippen molar-refractivity contribution in [1.82, 2.24) is 4.90 Å². The number of hydrogen-bond acceptors (Lipinski definition) is 4. The van der Waals surface area contributed by atoms with Gasteiger partial charge in [-0.15, -0.1) is 0 Å². The standard InChI is InChI=1S/C21H26N2O4/c1-15-7-5-8-16(2)20(15)22-19(24)14-23(3)21(25)17-9-6-10-18(13-17)27-12-11-26-4/h5-10,13H,11-12,14H2,1-4H3,(H,22,24). The minimum atomic E-state index is -0.246. The molecule has 0 aliphatic rings. The Balaban J connectivity index is 1.98. The maximum absolute atomic E-state index is 12.6. The second-order valence-electron chi connectivity index (χ2n) is 6.35. The lowest BCUT2D eigenvalue weighted by molar-refractivity contribution is -0.116. The number of benzene rings is 2. The molecule has 0 aromatic heterocycles. The van der Waals surface area contributed by atoms with E-state index in [0.717, 1.165) is 16.8 Å². The molecule has 2 rings (SSSR count). The molecule has 0 spiro atoms. The average Bonchev–Trinajstić information content (AvgIpc) is 2.64. The number of likely N-dealkylation sites (N-methyl/N-ethyl adjacent to an activating group) is 1. The van der Waals surface area contributed by atoms with Gasteiger partial charge in [0.15, 0.2) is 0 Å². The van der Waals surface area contributed by atoms with Gasteiger partial charge in [-0.25, -0.2) is 0 Å². The summed E-state index contributed by atoms with van der Waals surface area (Å²) < 4.78 is 10.5. The van der Waals surface area contributed by atoms with E-state index in [1.54, 1.807) is 38.4 Å². The van der Waals surface area contributed by atoms with Gasteiger partial charge in [0.1, 0.15) is 12.4 Å². The summed E-state index contributed by atoms with van der Waals surface area (Å²) in [6.45, 7) is 4.71. The van der Waals surface area contributed by atoms with Gasteiger partial charge in [-0.2, -0.15) is 0 Å².